The highest BCUT2D eigenvalue weighted by molar-refractivity contribution is 6.36. The highest BCUT2D eigenvalue weighted by Gasteiger charge is 2.25. The van der Waals surface area contributed by atoms with E-state index < -0.39 is 0 Å². The van der Waals surface area contributed by atoms with Gasteiger partial charge >= 0.3 is 0 Å². The van der Waals surface area contributed by atoms with E-state index in [1.165, 1.54) is 5.56 Å². The van der Waals surface area contributed by atoms with Gasteiger partial charge in [-0.2, -0.15) is 0 Å². The third-order valence-corrected chi connectivity index (χ3v) is 7.50. The summed E-state index contributed by atoms with van der Waals surface area (Å²) >= 11 is 12.5. The molecule has 2 heterocycles. The van der Waals surface area contributed by atoms with Crippen molar-refractivity contribution in [1.29, 1.82) is 0 Å². The van der Waals surface area contributed by atoms with Gasteiger partial charge in [0.2, 0.25) is 5.91 Å². The molecule has 1 aromatic heterocycles. The largest absolute Gasteiger partial charge is 0.383 e. The third kappa shape index (κ3) is 8.56. The first kappa shape index (κ1) is 30.1. The second-order valence-corrected chi connectivity index (χ2v) is 10.6. The number of rotatable bonds is 13. The molecule has 0 spiro atoms. The van der Waals surface area contributed by atoms with Crippen LogP contribution in [-0.4, -0.2) is 97.3 Å². The first-order valence-corrected chi connectivity index (χ1v) is 14.2. The average Bonchev–Trinajstić information content (AvgIpc) is 3.40. The van der Waals surface area contributed by atoms with E-state index in [-0.39, 0.29) is 23.4 Å². The molecular weight excluding hydrogens is 551 g/mol. The van der Waals surface area contributed by atoms with Crippen molar-refractivity contribution >= 4 is 35.0 Å². The normalized spacial score (nSPS) is 13.8. The van der Waals surface area contributed by atoms with Gasteiger partial charge in [-0.1, -0.05) is 53.5 Å². The fourth-order valence-corrected chi connectivity index (χ4v) is 5.14. The molecule has 1 aliphatic rings. The SMILES string of the molecule is COCCN(Cc1cccn1Cc1ccccc1)C(=O)CN(CCN1CCOCC1)C(=O)c1ccc(Cl)cc1Cl. The minimum Gasteiger partial charge on any atom is -0.383 e. The number of morpholine rings is 1. The fourth-order valence-electron chi connectivity index (χ4n) is 4.65. The summed E-state index contributed by atoms with van der Waals surface area (Å²) in [6.45, 7) is 5.71. The highest BCUT2D eigenvalue weighted by Crippen LogP contribution is 2.23. The summed E-state index contributed by atoms with van der Waals surface area (Å²) in [7, 11) is 1.61. The average molecular weight is 588 g/mol. The fraction of sp³-hybridized carbons (Fsp3) is 0.400. The zero-order chi connectivity index (χ0) is 28.3. The molecule has 40 heavy (non-hydrogen) atoms. The van der Waals surface area contributed by atoms with E-state index in [2.05, 4.69) is 21.6 Å². The van der Waals surface area contributed by atoms with Crippen molar-refractivity contribution in [1.82, 2.24) is 19.3 Å². The molecule has 0 radical (unpaired) electrons. The van der Waals surface area contributed by atoms with Crippen molar-refractivity contribution in [3.8, 4) is 0 Å². The monoisotopic (exact) mass is 586 g/mol. The summed E-state index contributed by atoms with van der Waals surface area (Å²) in [5.41, 5.74) is 2.50. The quantitative estimate of drug-likeness (QED) is 0.299. The lowest BCUT2D eigenvalue weighted by Gasteiger charge is -2.31. The molecule has 3 aromatic rings. The summed E-state index contributed by atoms with van der Waals surface area (Å²) < 4.78 is 12.9. The lowest BCUT2D eigenvalue weighted by Crippen LogP contribution is -2.47. The molecular formula is C30H36Cl2N4O4. The Labute approximate surface area is 246 Å². The molecule has 8 nitrogen and oxygen atoms in total. The number of halogens is 2. The molecule has 10 heteroatoms. The van der Waals surface area contributed by atoms with Crippen LogP contribution in [0.5, 0.6) is 0 Å². The van der Waals surface area contributed by atoms with Crippen LogP contribution in [0.25, 0.3) is 0 Å². The molecule has 1 aliphatic heterocycles. The summed E-state index contributed by atoms with van der Waals surface area (Å²) in [4.78, 5) is 33.0. The maximum atomic E-state index is 13.8. The van der Waals surface area contributed by atoms with Gasteiger partial charge in [0.15, 0.2) is 0 Å². The lowest BCUT2D eigenvalue weighted by molar-refractivity contribution is -0.133. The molecule has 214 valence electrons. The predicted molar refractivity (Wildman–Crippen MR) is 157 cm³/mol. The van der Waals surface area contributed by atoms with Gasteiger partial charge in [-0.3, -0.25) is 14.5 Å². The highest BCUT2D eigenvalue weighted by atomic mass is 35.5. The molecule has 1 saturated heterocycles. The molecule has 2 amide bonds. The standard InChI is InChI=1S/C30H36Cl2N4O4/c1-39-17-16-35(22-26-8-5-11-34(26)21-24-6-3-2-4-7-24)29(37)23-36(13-12-33-14-18-40-19-15-33)30(38)27-10-9-25(31)20-28(27)32/h2-11,20H,12-19,21-23H2,1H3. The molecule has 0 atom stereocenters. The maximum absolute atomic E-state index is 13.8. The number of carbonyl (C=O) groups excluding carboxylic acids is 2. The van der Waals surface area contributed by atoms with Gasteiger partial charge in [-0.05, 0) is 35.9 Å². The molecule has 0 bridgehead atoms. The van der Waals surface area contributed by atoms with E-state index in [4.69, 9.17) is 32.7 Å². The van der Waals surface area contributed by atoms with Crippen LogP contribution < -0.4 is 0 Å². The van der Waals surface area contributed by atoms with Crippen molar-refractivity contribution in [2.75, 3.05) is 66.2 Å². The number of ether oxygens (including phenoxy) is 2. The Morgan fingerprint density at radius 1 is 0.975 bits per heavy atom. The minimum absolute atomic E-state index is 0.0781. The van der Waals surface area contributed by atoms with E-state index in [1.54, 1.807) is 35.1 Å². The molecule has 0 unspecified atom stereocenters. The first-order valence-electron chi connectivity index (χ1n) is 13.4. The van der Waals surface area contributed by atoms with Crippen LogP contribution in [0.3, 0.4) is 0 Å². The number of amides is 2. The van der Waals surface area contributed by atoms with Crippen molar-refractivity contribution in [2.24, 2.45) is 0 Å². The van der Waals surface area contributed by atoms with Gasteiger partial charge in [-0.15, -0.1) is 0 Å². The van der Waals surface area contributed by atoms with Crippen LogP contribution in [-0.2, 0) is 27.4 Å². The van der Waals surface area contributed by atoms with E-state index in [1.807, 2.05) is 36.5 Å². The lowest BCUT2D eigenvalue weighted by atomic mass is 10.2. The van der Waals surface area contributed by atoms with Crippen LogP contribution in [0.2, 0.25) is 10.0 Å². The molecule has 1 fully saturated rings. The Balaban J connectivity index is 1.51. The van der Waals surface area contributed by atoms with Gasteiger partial charge in [-0.25, -0.2) is 0 Å². The number of nitrogens with zero attached hydrogens (tertiary/aromatic N) is 4. The molecule has 0 aliphatic carbocycles. The second kappa shape index (κ2) is 15.2. The van der Waals surface area contributed by atoms with Crippen molar-refractivity contribution in [3.05, 3.63) is 93.7 Å². The zero-order valence-electron chi connectivity index (χ0n) is 22.8. The van der Waals surface area contributed by atoms with Crippen molar-refractivity contribution < 1.29 is 19.1 Å². The third-order valence-electron chi connectivity index (χ3n) is 6.95. The smallest absolute Gasteiger partial charge is 0.255 e. The van der Waals surface area contributed by atoms with Gasteiger partial charge in [0.25, 0.3) is 5.91 Å². The number of methoxy groups -OCH3 is 1. The van der Waals surface area contributed by atoms with Gasteiger partial charge in [0.05, 0.1) is 37.0 Å². The molecule has 2 aromatic carbocycles. The van der Waals surface area contributed by atoms with Gasteiger partial charge in [0, 0.05) is 63.3 Å². The van der Waals surface area contributed by atoms with E-state index in [0.29, 0.717) is 63.1 Å². The Morgan fingerprint density at radius 3 is 2.48 bits per heavy atom. The molecule has 0 saturated carbocycles. The van der Waals surface area contributed by atoms with E-state index in [9.17, 15) is 9.59 Å². The van der Waals surface area contributed by atoms with E-state index in [0.717, 1.165) is 18.8 Å². The number of carbonyl (C=O) groups is 2. The first-order chi connectivity index (χ1) is 19.4. The van der Waals surface area contributed by atoms with Crippen LogP contribution >= 0.6 is 23.2 Å². The summed E-state index contributed by atoms with van der Waals surface area (Å²) in [5.74, 6) is -0.465. The maximum Gasteiger partial charge on any atom is 0.255 e. The molecule has 0 N–H and O–H groups in total. The van der Waals surface area contributed by atoms with Crippen molar-refractivity contribution in [3.63, 3.8) is 0 Å². The summed E-state index contributed by atoms with van der Waals surface area (Å²) in [5, 5.41) is 0.707. The number of aromatic nitrogens is 1. The van der Waals surface area contributed by atoms with E-state index >= 15 is 0 Å². The predicted octanol–water partition coefficient (Wildman–Crippen LogP) is 4.29. The van der Waals surface area contributed by atoms with Crippen LogP contribution in [0.4, 0.5) is 0 Å². The second-order valence-electron chi connectivity index (χ2n) is 9.73. The van der Waals surface area contributed by atoms with Gasteiger partial charge in [0.1, 0.15) is 6.54 Å². The Morgan fingerprint density at radius 2 is 1.75 bits per heavy atom. The van der Waals surface area contributed by atoms with Crippen LogP contribution in [0, 0.1) is 0 Å². The number of hydrogen-bond donors (Lipinski definition) is 0. The Bertz CT molecular complexity index is 1250. The number of hydrogen-bond acceptors (Lipinski definition) is 5. The van der Waals surface area contributed by atoms with Gasteiger partial charge < -0.3 is 23.8 Å². The number of benzene rings is 2. The Hall–Kier alpha value is -2.88. The Kier molecular flexibility index (Phi) is 11.4. The van der Waals surface area contributed by atoms with Crippen molar-refractivity contribution in [2.45, 2.75) is 13.1 Å². The minimum atomic E-state index is -0.303. The topological polar surface area (TPSA) is 67.2 Å². The zero-order valence-corrected chi connectivity index (χ0v) is 24.3. The summed E-state index contributed by atoms with van der Waals surface area (Å²) in [6.07, 6.45) is 2.02. The van der Waals surface area contributed by atoms with Crippen LogP contribution in [0.1, 0.15) is 21.6 Å². The van der Waals surface area contributed by atoms with Crippen LogP contribution in [0.15, 0.2) is 66.9 Å². The summed E-state index contributed by atoms with van der Waals surface area (Å²) in [6, 6.07) is 19.0. The molecule has 4 rings (SSSR count).